The summed E-state index contributed by atoms with van der Waals surface area (Å²) in [5.41, 5.74) is -0.136. The highest BCUT2D eigenvalue weighted by Gasteiger charge is 2.19. The molecule has 0 aliphatic heterocycles. The van der Waals surface area contributed by atoms with E-state index in [9.17, 15) is 14.9 Å². The molecule has 0 radical (unpaired) electrons. The molecule has 0 atom stereocenters. The van der Waals surface area contributed by atoms with E-state index in [4.69, 9.17) is 4.74 Å². The Labute approximate surface area is 114 Å². The Bertz CT molecular complexity index is 611. The predicted octanol–water partition coefficient (Wildman–Crippen LogP) is 4.02. The SMILES string of the molecule is O=Cc1cc(Oc2c(Br)cccc2[N+](=O)[O-])cs1. The number of para-hydroxylation sites is 1. The van der Waals surface area contributed by atoms with E-state index in [0.29, 0.717) is 21.4 Å². The molecule has 92 valence electrons. The Morgan fingerprint density at radius 1 is 1.44 bits per heavy atom. The van der Waals surface area contributed by atoms with Crippen LogP contribution in [0.3, 0.4) is 0 Å². The van der Waals surface area contributed by atoms with Gasteiger partial charge in [-0.25, -0.2) is 0 Å². The molecule has 1 heterocycles. The van der Waals surface area contributed by atoms with Gasteiger partial charge in [-0.2, -0.15) is 0 Å². The van der Waals surface area contributed by atoms with Crippen LogP contribution in [0.2, 0.25) is 0 Å². The molecule has 18 heavy (non-hydrogen) atoms. The van der Waals surface area contributed by atoms with Crippen molar-refractivity contribution in [1.82, 2.24) is 0 Å². The summed E-state index contributed by atoms with van der Waals surface area (Å²) in [5.74, 6) is 0.523. The van der Waals surface area contributed by atoms with Gasteiger partial charge in [0.25, 0.3) is 0 Å². The minimum atomic E-state index is -0.521. The second-order valence-electron chi connectivity index (χ2n) is 3.25. The van der Waals surface area contributed by atoms with Crippen molar-refractivity contribution in [2.75, 3.05) is 0 Å². The molecule has 0 amide bonds. The van der Waals surface area contributed by atoms with Crippen molar-refractivity contribution in [3.63, 3.8) is 0 Å². The van der Waals surface area contributed by atoms with Crippen molar-refractivity contribution >= 4 is 39.2 Å². The number of thiophene rings is 1. The van der Waals surface area contributed by atoms with Gasteiger partial charge in [-0.15, -0.1) is 11.3 Å². The molecule has 0 saturated carbocycles. The molecule has 5 nitrogen and oxygen atoms in total. The highest BCUT2D eigenvalue weighted by molar-refractivity contribution is 9.10. The molecule has 0 N–H and O–H groups in total. The lowest BCUT2D eigenvalue weighted by Gasteiger charge is -2.05. The van der Waals surface area contributed by atoms with Crippen LogP contribution in [-0.2, 0) is 0 Å². The lowest BCUT2D eigenvalue weighted by molar-refractivity contribution is -0.385. The van der Waals surface area contributed by atoms with Crippen LogP contribution in [0.5, 0.6) is 11.5 Å². The summed E-state index contributed by atoms with van der Waals surface area (Å²) in [6.45, 7) is 0. The van der Waals surface area contributed by atoms with Gasteiger partial charge in [0.1, 0.15) is 5.75 Å². The molecule has 0 aliphatic carbocycles. The smallest absolute Gasteiger partial charge is 0.312 e. The Kier molecular flexibility index (Phi) is 3.73. The number of nitro benzene ring substituents is 1. The number of hydrogen-bond acceptors (Lipinski definition) is 5. The largest absolute Gasteiger partial charge is 0.448 e. The van der Waals surface area contributed by atoms with Crippen LogP contribution in [0, 0.1) is 10.1 Å². The van der Waals surface area contributed by atoms with Crippen LogP contribution >= 0.6 is 27.3 Å². The number of aldehydes is 1. The van der Waals surface area contributed by atoms with Crippen molar-refractivity contribution in [1.29, 1.82) is 0 Å². The highest BCUT2D eigenvalue weighted by Crippen LogP contribution is 2.38. The third kappa shape index (κ3) is 2.57. The molecule has 0 unspecified atom stereocenters. The zero-order valence-corrected chi connectivity index (χ0v) is 11.2. The van der Waals surface area contributed by atoms with Gasteiger partial charge in [0.15, 0.2) is 6.29 Å². The van der Waals surface area contributed by atoms with Gasteiger partial charge in [-0.3, -0.25) is 14.9 Å². The van der Waals surface area contributed by atoms with E-state index < -0.39 is 4.92 Å². The number of nitrogens with zero attached hydrogens (tertiary/aromatic N) is 1. The molecule has 0 aliphatic rings. The van der Waals surface area contributed by atoms with Crippen molar-refractivity contribution in [2.45, 2.75) is 0 Å². The summed E-state index contributed by atoms with van der Waals surface area (Å²) in [7, 11) is 0. The molecule has 0 saturated heterocycles. The van der Waals surface area contributed by atoms with Crippen LogP contribution in [0.15, 0.2) is 34.1 Å². The number of nitro groups is 1. The van der Waals surface area contributed by atoms with Gasteiger partial charge in [-0.05, 0) is 22.0 Å². The summed E-state index contributed by atoms with van der Waals surface area (Å²) in [5, 5.41) is 12.5. The first-order chi connectivity index (χ1) is 8.61. The Hall–Kier alpha value is -1.73. The van der Waals surface area contributed by atoms with Crippen LogP contribution in [0.25, 0.3) is 0 Å². The number of hydrogen-bond donors (Lipinski definition) is 0. The van der Waals surface area contributed by atoms with Gasteiger partial charge < -0.3 is 4.74 Å². The molecular weight excluding hydrogens is 322 g/mol. The first-order valence-electron chi connectivity index (χ1n) is 4.76. The van der Waals surface area contributed by atoms with E-state index in [1.165, 1.54) is 23.5 Å². The first kappa shape index (κ1) is 12.7. The molecule has 1 aromatic carbocycles. The lowest BCUT2D eigenvalue weighted by atomic mass is 10.3. The minimum absolute atomic E-state index is 0.123. The molecule has 1 aromatic heterocycles. The van der Waals surface area contributed by atoms with Gasteiger partial charge in [-0.1, -0.05) is 6.07 Å². The molecule has 0 fully saturated rings. The second kappa shape index (κ2) is 5.28. The van der Waals surface area contributed by atoms with E-state index in [2.05, 4.69) is 15.9 Å². The summed E-state index contributed by atoms with van der Waals surface area (Å²) in [6.07, 6.45) is 0.700. The van der Waals surface area contributed by atoms with Crippen molar-refractivity contribution in [2.24, 2.45) is 0 Å². The fourth-order valence-electron chi connectivity index (χ4n) is 1.31. The van der Waals surface area contributed by atoms with Crippen LogP contribution < -0.4 is 4.74 Å². The maximum atomic E-state index is 10.9. The summed E-state index contributed by atoms with van der Waals surface area (Å²) < 4.78 is 5.93. The van der Waals surface area contributed by atoms with Crippen LogP contribution in [0.1, 0.15) is 9.67 Å². The van der Waals surface area contributed by atoms with E-state index in [-0.39, 0.29) is 11.4 Å². The Balaban J connectivity index is 2.38. The van der Waals surface area contributed by atoms with Gasteiger partial charge in [0, 0.05) is 17.5 Å². The molecule has 0 spiro atoms. The Morgan fingerprint density at radius 3 is 2.83 bits per heavy atom. The zero-order chi connectivity index (χ0) is 13.1. The number of rotatable bonds is 4. The number of halogens is 1. The summed E-state index contributed by atoms with van der Waals surface area (Å²) >= 11 is 4.41. The maximum Gasteiger partial charge on any atom is 0.312 e. The van der Waals surface area contributed by atoms with Crippen molar-refractivity contribution < 1.29 is 14.5 Å². The molecule has 7 heteroatoms. The quantitative estimate of drug-likeness (QED) is 0.483. The maximum absolute atomic E-state index is 10.9. The fraction of sp³-hybridized carbons (Fsp3) is 0. The second-order valence-corrected chi connectivity index (χ2v) is 5.05. The molecular formula is C11H6BrNO4S. The van der Waals surface area contributed by atoms with Gasteiger partial charge in [0.05, 0.1) is 14.3 Å². The highest BCUT2D eigenvalue weighted by atomic mass is 79.9. The Morgan fingerprint density at radius 2 is 2.22 bits per heavy atom. The molecule has 2 aromatic rings. The monoisotopic (exact) mass is 327 g/mol. The van der Waals surface area contributed by atoms with Gasteiger partial charge in [0.2, 0.25) is 5.75 Å². The number of carbonyl (C=O) groups is 1. The normalized spacial score (nSPS) is 10.1. The minimum Gasteiger partial charge on any atom is -0.448 e. The standard InChI is InChI=1S/C11H6BrNO4S/c12-9-2-1-3-10(13(15)16)11(9)17-7-4-8(5-14)18-6-7/h1-6H. The lowest BCUT2D eigenvalue weighted by Crippen LogP contribution is -1.93. The zero-order valence-electron chi connectivity index (χ0n) is 8.83. The number of carbonyl (C=O) groups excluding carboxylic acids is 1. The average molecular weight is 328 g/mol. The van der Waals surface area contributed by atoms with E-state index >= 15 is 0 Å². The fourth-order valence-corrected chi connectivity index (χ4v) is 2.35. The third-order valence-corrected chi connectivity index (χ3v) is 3.54. The summed E-state index contributed by atoms with van der Waals surface area (Å²) in [4.78, 5) is 21.4. The number of benzene rings is 1. The van der Waals surface area contributed by atoms with E-state index in [0.717, 1.165) is 0 Å². The van der Waals surface area contributed by atoms with E-state index in [1.807, 2.05) is 0 Å². The summed E-state index contributed by atoms with van der Waals surface area (Å²) in [6, 6.07) is 6.09. The van der Waals surface area contributed by atoms with Crippen molar-refractivity contribution in [3.8, 4) is 11.5 Å². The molecule has 2 rings (SSSR count). The van der Waals surface area contributed by atoms with E-state index in [1.54, 1.807) is 17.5 Å². The van der Waals surface area contributed by atoms with Gasteiger partial charge >= 0.3 is 5.69 Å². The van der Waals surface area contributed by atoms with Crippen molar-refractivity contribution in [3.05, 3.63) is 49.1 Å². The predicted molar refractivity (Wildman–Crippen MR) is 70.6 cm³/mol. The van der Waals surface area contributed by atoms with Crippen LogP contribution in [-0.4, -0.2) is 11.2 Å². The topological polar surface area (TPSA) is 69.4 Å². The van der Waals surface area contributed by atoms with Crippen LogP contribution in [0.4, 0.5) is 5.69 Å². The third-order valence-electron chi connectivity index (χ3n) is 2.07. The number of ether oxygens (including phenoxy) is 1. The average Bonchev–Trinajstić information content (AvgIpc) is 2.79. The molecule has 0 bridgehead atoms. The first-order valence-corrected chi connectivity index (χ1v) is 6.43.